The first-order chi connectivity index (χ1) is 6.27. The summed E-state index contributed by atoms with van der Waals surface area (Å²) in [5.41, 5.74) is 3.61. The largest absolute Gasteiger partial charge is 0.388 e. The molecule has 0 unspecified atom stereocenters. The highest BCUT2D eigenvalue weighted by Crippen LogP contribution is 2.18. The highest BCUT2D eigenvalue weighted by Gasteiger charge is 1.95. The molecule has 1 heteroatoms. The molecule has 0 aromatic heterocycles. The molecule has 1 rings (SSSR count). The van der Waals surface area contributed by atoms with E-state index in [4.69, 9.17) is 0 Å². The normalized spacial score (nSPS) is 10.3. The quantitative estimate of drug-likeness (QED) is 0.692. The van der Waals surface area contributed by atoms with E-state index < -0.39 is 0 Å². The summed E-state index contributed by atoms with van der Waals surface area (Å²) in [6.07, 6.45) is 5.77. The molecule has 0 aliphatic rings. The molecule has 1 nitrogen and oxygen atoms in total. The van der Waals surface area contributed by atoms with Crippen LogP contribution in [-0.2, 0) is 0 Å². The Bertz CT molecular complexity index is 324. The standard InChI is InChI=1S/C12H15N/c1-4-5-6-11-9-10(2)7-8-12(11)13-3/h4-9,13H,1H2,2-3H3/b6-5-. The zero-order valence-corrected chi connectivity index (χ0v) is 8.17. The van der Waals surface area contributed by atoms with Gasteiger partial charge >= 0.3 is 0 Å². The Morgan fingerprint density at radius 3 is 2.77 bits per heavy atom. The molecule has 68 valence electrons. The predicted molar refractivity (Wildman–Crippen MR) is 60.0 cm³/mol. The Hall–Kier alpha value is -1.50. The van der Waals surface area contributed by atoms with Gasteiger partial charge in [-0.1, -0.05) is 36.4 Å². The summed E-state index contributed by atoms with van der Waals surface area (Å²) in [6.45, 7) is 5.73. The van der Waals surface area contributed by atoms with Crippen LogP contribution in [0, 0.1) is 6.92 Å². The fourth-order valence-corrected chi connectivity index (χ4v) is 1.22. The molecule has 0 radical (unpaired) electrons. The molecule has 0 aliphatic heterocycles. The molecule has 0 bridgehead atoms. The summed E-state index contributed by atoms with van der Waals surface area (Å²) in [5, 5.41) is 3.15. The van der Waals surface area contributed by atoms with Gasteiger partial charge < -0.3 is 5.32 Å². The zero-order valence-electron chi connectivity index (χ0n) is 8.17. The van der Waals surface area contributed by atoms with Crippen LogP contribution in [0.1, 0.15) is 11.1 Å². The third-order valence-corrected chi connectivity index (χ3v) is 1.89. The third kappa shape index (κ3) is 2.48. The molecule has 0 atom stereocenters. The van der Waals surface area contributed by atoms with Gasteiger partial charge in [-0.15, -0.1) is 0 Å². The van der Waals surface area contributed by atoms with Crippen LogP contribution in [0.25, 0.3) is 6.08 Å². The molecule has 0 amide bonds. The number of anilines is 1. The molecule has 0 heterocycles. The van der Waals surface area contributed by atoms with Gasteiger partial charge in [0.15, 0.2) is 0 Å². The first-order valence-electron chi connectivity index (χ1n) is 4.35. The number of allylic oxidation sites excluding steroid dienone is 2. The maximum absolute atomic E-state index is 3.65. The fourth-order valence-electron chi connectivity index (χ4n) is 1.22. The maximum Gasteiger partial charge on any atom is 0.0411 e. The smallest absolute Gasteiger partial charge is 0.0411 e. The van der Waals surface area contributed by atoms with Crippen LogP contribution < -0.4 is 5.32 Å². The second-order valence-corrected chi connectivity index (χ2v) is 2.94. The van der Waals surface area contributed by atoms with Crippen molar-refractivity contribution in [3.05, 3.63) is 48.1 Å². The van der Waals surface area contributed by atoms with Gasteiger partial charge in [0, 0.05) is 12.7 Å². The summed E-state index contributed by atoms with van der Waals surface area (Å²) >= 11 is 0. The molecule has 0 fully saturated rings. The molecular formula is C12H15N. The lowest BCUT2D eigenvalue weighted by molar-refractivity contribution is 1.42. The van der Waals surface area contributed by atoms with Gasteiger partial charge in [-0.3, -0.25) is 0 Å². The second kappa shape index (κ2) is 4.51. The van der Waals surface area contributed by atoms with E-state index in [1.54, 1.807) is 6.08 Å². The highest BCUT2D eigenvalue weighted by atomic mass is 14.8. The Balaban J connectivity index is 3.07. The van der Waals surface area contributed by atoms with E-state index in [9.17, 15) is 0 Å². The molecule has 1 aromatic carbocycles. The Kier molecular flexibility index (Phi) is 3.32. The predicted octanol–water partition coefficient (Wildman–Crippen LogP) is 3.24. The van der Waals surface area contributed by atoms with E-state index in [-0.39, 0.29) is 0 Å². The Morgan fingerprint density at radius 1 is 1.38 bits per heavy atom. The molecule has 13 heavy (non-hydrogen) atoms. The van der Waals surface area contributed by atoms with Crippen LogP contribution in [0.15, 0.2) is 36.9 Å². The first-order valence-corrected chi connectivity index (χ1v) is 4.35. The highest BCUT2D eigenvalue weighted by molar-refractivity contribution is 5.67. The zero-order chi connectivity index (χ0) is 9.68. The minimum Gasteiger partial charge on any atom is -0.388 e. The van der Waals surface area contributed by atoms with E-state index >= 15 is 0 Å². The second-order valence-electron chi connectivity index (χ2n) is 2.94. The van der Waals surface area contributed by atoms with Gasteiger partial charge in [-0.05, 0) is 24.6 Å². The van der Waals surface area contributed by atoms with Crippen molar-refractivity contribution < 1.29 is 0 Å². The summed E-state index contributed by atoms with van der Waals surface area (Å²) in [5.74, 6) is 0. The van der Waals surface area contributed by atoms with Crippen molar-refractivity contribution in [1.29, 1.82) is 0 Å². The lowest BCUT2D eigenvalue weighted by Crippen LogP contribution is -1.91. The molecule has 0 spiro atoms. The van der Waals surface area contributed by atoms with Crippen LogP contribution in [0.2, 0.25) is 0 Å². The van der Waals surface area contributed by atoms with E-state index in [1.165, 1.54) is 11.1 Å². The van der Waals surface area contributed by atoms with Gasteiger partial charge in [0.2, 0.25) is 0 Å². The lowest BCUT2D eigenvalue weighted by Gasteiger charge is -2.05. The van der Waals surface area contributed by atoms with E-state index in [1.807, 2.05) is 19.2 Å². The molecule has 1 aromatic rings. The number of hydrogen-bond acceptors (Lipinski definition) is 1. The monoisotopic (exact) mass is 173 g/mol. The third-order valence-electron chi connectivity index (χ3n) is 1.89. The minimum absolute atomic E-state index is 1.14. The van der Waals surface area contributed by atoms with Crippen molar-refractivity contribution in [2.75, 3.05) is 12.4 Å². The number of benzene rings is 1. The first kappa shape index (κ1) is 9.59. The van der Waals surface area contributed by atoms with Crippen LogP contribution in [0.4, 0.5) is 5.69 Å². The van der Waals surface area contributed by atoms with E-state index in [0.29, 0.717) is 0 Å². The van der Waals surface area contributed by atoms with Crippen molar-refractivity contribution in [3.8, 4) is 0 Å². The van der Waals surface area contributed by atoms with Crippen LogP contribution in [0.5, 0.6) is 0 Å². The summed E-state index contributed by atoms with van der Waals surface area (Å²) < 4.78 is 0. The van der Waals surface area contributed by atoms with Crippen molar-refractivity contribution in [2.45, 2.75) is 6.92 Å². The van der Waals surface area contributed by atoms with Crippen molar-refractivity contribution in [2.24, 2.45) is 0 Å². The molecule has 0 aliphatic carbocycles. The molecule has 0 saturated carbocycles. The van der Waals surface area contributed by atoms with Crippen LogP contribution in [-0.4, -0.2) is 7.05 Å². The molecular weight excluding hydrogens is 158 g/mol. The lowest BCUT2D eigenvalue weighted by atomic mass is 10.1. The van der Waals surface area contributed by atoms with Crippen molar-refractivity contribution in [3.63, 3.8) is 0 Å². The fraction of sp³-hybridized carbons (Fsp3) is 0.167. The summed E-state index contributed by atoms with van der Waals surface area (Å²) in [7, 11) is 1.93. The summed E-state index contributed by atoms with van der Waals surface area (Å²) in [6, 6.07) is 6.32. The number of aryl methyl sites for hydroxylation is 1. The van der Waals surface area contributed by atoms with Crippen LogP contribution >= 0.6 is 0 Å². The van der Waals surface area contributed by atoms with Gasteiger partial charge in [0.05, 0.1) is 0 Å². The van der Waals surface area contributed by atoms with Gasteiger partial charge in [0.25, 0.3) is 0 Å². The average molecular weight is 173 g/mol. The number of rotatable bonds is 3. The van der Waals surface area contributed by atoms with E-state index in [2.05, 4.69) is 37.0 Å². The van der Waals surface area contributed by atoms with Gasteiger partial charge in [0.1, 0.15) is 0 Å². The Morgan fingerprint density at radius 2 is 2.15 bits per heavy atom. The molecule has 1 N–H and O–H groups in total. The van der Waals surface area contributed by atoms with Crippen molar-refractivity contribution >= 4 is 11.8 Å². The Labute approximate surface area is 79.8 Å². The van der Waals surface area contributed by atoms with Gasteiger partial charge in [-0.2, -0.15) is 0 Å². The van der Waals surface area contributed by atoms with E-state index in [0.717, 1.165) is 5.69 Å². The minimum atomic E-state index is 1.14. The number of nitrogens with one attached hydrogen (secondary N) is 1. The van der Waals surface area contributed by atoms with Crippen LogP contribution in [0.3, 0.4) is 0 Å². The maximum atomic E-state index is 3.65. The van der Waals surface area contributed by atoms with Crippen molar-refractivity contribution in [1.82, 2.24) is 0 Å². The number of hydrogen-bond donors (Lipinski definition) is 1. The SMILES string of the molecule is C=C/C=C\c1cc(C)ccc1NC. The average Bonchev–Trinajstić information content (AvgIpc) is 2.15. The van der Waals surface area contributed by atoms with Gasteiger partial charge in [-0.25, -0.2) is 0 Å². The topological polar surface area (TPSA) is 12.0 Å². The molecule has 0 saturated heterocycles. The summed E-state index contributed by atoms with van der Waals surface area (Å²) in [4.78, 5) is 0.